The lowest BCUT2D eigenvalue weighted by atomic mass is 10.2. The molecule has 1 aliphatic heterocycles. The van der Waals surface area contributed by atoms with Crippen molar-refractivity contribution in [2.24, 2.45) is 0 Å². The topological polar surface area (TPSA) is 35.6 Å². The highest BCUT2D eigenvalue weighted by Crippen LogP contribution is 2.08. The fraction of sp³-hybridized carbons (Fsp3) is 0.923. The average molecular weight is 241 g/mol. The molecule has 1 fully saturated rings. The van der Waals surface area contributed by atoms with Crippen LogP contribution in [0.1, 0.15) is 34.1 Å². The molecule has 0 atom stereocenters. The van der Waals surface area contributed by atoms with Crippen LogP contribution in [0.4, 0.5) is 0 Å². The van der Waals surface area contributed by atoms with E-state index < -0.39 is 0 Å². The van der Waals surface area contributed by atoms with Gasteiger partial charge in [-0.2, -0.15) is 0 Å². The summed E-state index contributed by atoms with van der Waals surface area (Å²) in [6.45, 7) is 13.5. The maximum absolute atomic E-state index is 12.2. The van der Waals surface area contributed by atoms with Crippen LogP contribution in [0, 0.1) is 0 Å². The summed E-state index contributed by atoms with van der Waals surface area (Å²) < 4.78 is 0. The van der Waals surface area contributed by atoms with Crippen molar-refractivity contribution in [3.63, 3.8) is 0 Å². The zero-order valence-corrected chi connectivity index (χ0v) is 11.7. The van der Waals surface area contributed by atoms with E-state index in [0.29, 0.717) is 18.5 Å². The Morgan fingerprint density at radius 2 is 1.71 bits per heavy atom. The van der Waals surface area contributed by atoms with E-state index in [1.807, 2.05) is 4.90 Å². The minimum atomic E-state index is 0.286. The molecule has 0 aromatic heterocycles. The molecule has 0 bridgehead atoms. The van der Waals surface area contributed by atoms with Crippen molar-refractivity contribution >= 4 is 5.91 Å². The second-order valence-corrected chi connectivity index (χ2v) is 5.33. The van der Waals surface area contributed by atoms with Gasteiger partial charge in [0.25, 0.3) is 0 Å². The molecule has 100 valence electrons. The number of hydrogen-bond donors (Lipinski definition) is 1. The lowest BCUT2D eigenvalue weighted by Crippen LogP contribution is -2.46. The third kappa shape index (κ3) is 4.64. The van der Waals surface area contributed by atoms with E-state index in [2.05, 4.69) is 37.9 Å². The summed E-state index contributed by atoms with van der Waals surface area (Å²) in [5.74, 6) is 0.286. The Bertz CT molecular complexity index is 227. The van der Waals surface area contributed by atoms with Crippen LogP contribution in [0.2, 0.25) is 0 Å². The van der Waals surface area contributed by atoms with Gasteiger partial charge >= 0.3 is 0 Å². The van der Waals surface area contributed by atoms with Crippen molar-refractivity contribution in [1.82, 2.24) is 15.1 Å². The predicted octanol–water partition coefficient (Wildman–Crippen LogP) is 0.927. The van der Waals surface area contributed by atoms with Crippen molar-refractivity contribution in [2.75, 3.05) is 32.7 Å². The van der Waals surface area contributed by atoms with Crippen LogP contribution >= 0.6 is 0 Å². The van der Waals surface area contributed by atoms with Crippen molar-refractivity contribution in [2.45, 2.75) is 46.2 Å². The molecule has 0 aromatic carbocycles. The minimum Gasteiger partial charge on any atom is -0.338 e. The number of nitrogens with one attached hydrogen (secondary N) is 1. The zero-order valence-electron chi connectivity index (χ0n) is 11.7. The molecule has 0 unspecified atom stereocenters. The van der Waals surface area contributed by atoms with E-state index in [0.717, 1.165) is 32.7 Å². The van der Waals surface area contributed by atoms with E-state index in [9.17, 15) is 4.79 Å². The Labute approximate surface area is 105 Å². The minimum absolute atomic E-state index is 0.286. The van der Waals surface area contributed by atoms with Crippen LogP contribution in [-0.2, 0) is 4.79 Å². The normalized spacial score (nSPS) is 17.8. The molecule has 0 radical (unpaired) electrons. The van der Waals surface area contributed by atoms with Gasteiger partial charge in [0.1, 0.15) is 0 Å². The van der Waals surface area contributed by atoms with Gasteiger partial charge in [0.2, 0.25) is 5.91 Å². The Morgan fingerprint density at radius 1 is 1.18 bits per heavy atom. The van der Waals surface area contributed by atoms with E-state index >= 15 is 0 Å². The molecular formula is C13H27N3O. The monoisotopic (exact) mass is 241 g/mol. The first kappa shape index (κ1) is 14.5. The molecule has 1 heterocycles. The standard InChI is InChI=1S/C13H27N3O/c1-11(2)16(12(3)4)13(17)5-8-15-9-6-14-7-10-15/h11-12,14H,5-10H2,1-4H3. The average Bonchev–Trinajstić information content (AvgIpc) is 2.27. The van der Waals surface area contributed by atoms with Gasteiger partial charge in [0.15, 0.2) is 0 Å². The van der Waals surface area contributed by atoms with Gasteiger partial charge in [-0.15, -0.1) is 0 Å². The third-order valence-corrected chi connectivity index (χ3v) is 3.25. The highest BCUT2D eigenvalue weighted by atomic mass is 16.2. The molecule has 4 heteroatoms. The Hall–Kier alpha value is -0.610. The molecule has 1 amide bonds. The number of nitrogens with zero attached hydrogens (tertiary/aromatic N) is 2. The lowest BCUT2D eigenvalue weighted by Gasteiger charge is -2.32. The second kappa shape index (κ2) is 6.97. The van der Waals surface area contributed by atoms with Crippen LogP contribution in [0.25, 0.3) is 0 Å². The maximum Gasteiger partial charge on any atom is 0.224 e. The summed E-state index contributed by atoms with van der Waals surface area (Å²) in [6, 6.07) is 0.594. The molecule has 1 aliphatic rings. The van der Waals surface area contributed by atoms with Gasteiger partial charge in [-0.3, -0.25) is 4.79 Å². The third-order valence-electron chi connectivity index (χ3n) is 3.25. The number of carbonyl (C=O) groups is 1. The molecule has 0 aromatic rings. The Kier molecular flexibility index (Phi) is 5.92. The van der Waals surface area contributed by atoms with E-state index in [4.69, 9.17) is 0 Å². The SMILES string of the molecule is CC(C)N(C(=O)CCN1CCNCC1)C(C)C. The van der Waals surface area contributed by atoms with Gasteiger partial charge in [-0.1, -0.05) is 0 Å². The molecule has 17 heavy (non-hydrogen) atoms. The van der Waals surface area contributed by atoms with E-state index in [-0.39, 0.29) is 5.91 Å². The summed E-state index contributed by atoms with van der Waals surface area (Å²) in [5, 5.41) is 3.32. The number of amides is 1. The van der Waals surface area contributed by atoms with Crippen LogP contribution in [0.5, 0.6) is 0 Å². The number of piperazine rings is 1. The Balaban J connectivity index is 2.36. The fourth-order valence-corrected chi connectivity index (χ4v) is 2.49. The largest absolute Gasteiger partial charge is 0.338 e. The van der Waals surface area contributed by atoms with Crippen molar-refractivity contribution in [3.05, 3.63) is 0 Å². The van der Waals surface area contributed by atoms with Crippen LogP contribution < -0.4 is 5.32 Å². The first-order valence-electron chi connectivity index (χ1n) is 6.76. The smallest absolute Gasteiger partial charge is 0.224 e. The van der Waals surface area contributed by atoms with Gasteiger partial charge in [0.05, 0.1) is 0 Å². The van der Waals surface area contributed by atoms with E-state index in [1.165, 1.54) is 0 Å². The molecule has 0 spiro atoms. The first-order chi connectivity index (χ1) is 8.02. The molecule has 0 aliphatic carbocycles. The summed E-state index contributed by atoms with van der Waals surface area (Å²) in [6.07, 6.45) is 0.649. The molecule has 0 saturated carbocycles. The van der Waals surface area contributed by atoms with Crippen molar-refractivity contribution in [3.8, 4) is 0 Å². The summed E-state index contributed by atoms with van der Waals surface area (Å²) in [4.78, 5) is 16.5. The van der Waals surface area contributed by atoms with Gasteiger partial charge < -0.3 is 15.1 Å². The molecule has 1 N–H and O–H groups in total. The van der Waals surface area contributed by atoms with Crippen LogP contribution in [0.3, 0.4) is 0 Å². The molecule has 4 nitrogen and oxygen atoms in total. The van der Waals surface area contributed by atoms with Crippen molar-refractivity contribution in [1.29, 1.82) is 0 Å². The second-order valence-electron chi connectivity index (χ2n) is 5.33. The summed E-state index contributed by atoms with van der Waals surface area (Å²) in [5.41, 5.74) is 0. The number of rotatable bonds is 5. The van der Waals surface area contributed by atoms with Crippen LogP contribution in [0.15, 0.2) is 0 Å². The van der Waals surface area contributed by atoms with Gasteiger partial charge in [-0.25, -0.2) is 0 Å². The first-order valence-corrected chi connectivity index (χ1v) is 6.76. The molecule has 1 saturated heterocycles. The summed E-state index contributed by atoms with van der Waals surface area (Å²) >= 11 is 0. The summed E-state index contributed by atoms with van der Waals surface area (Å²) in [7, 11) is 0. The molecule has 1 rings (SSSR count). The highest BCUT2D eigenvalue weighted by molar-refractivity contribution is 5.77. The zero-order chi connectivity index (χ0) is 12.8. The Morgan fingerprint density at radius 3 is 2.18 bits per heavy atom. The van der Waals surface area contributed by atoms with Crippen LogP contribution in [-0.4, -0.2) is 60.5 Å². The highest BCUT2D eigenvalue weighted by Gasteiger charge is 2.20. The molecular weight excluding hydrogens is 214 g/mol. The number of carbonyl (C=O) groups excluding carboxylic acids is 1. The number of hydrogen-bond acceptors (Lipinski definition) is 3. The maximum atomic E-state index is 12.2. The van der Waals surface area contributed by atoms with E-state index in [1.54, 1.807) is 0 Å². The quantitative estimate of drug-likeness (QED) is 0.778. The fourth-order valence-electron chi connectivity index (χ4n) is 2.49. The lowest BCUT2D eigenvalue weighted by molar-refractivity contribution is -0.135. The van der Waals surface area contributed by atoms with Gasteiger partial charge in [-0.05, 0) is 27.7 Å². The predicted molar refractivity (Wildman–Crippen MR) is 71.0 cm³/mol. The van der Waals surface area contributed by atoms with Gasteiger partial charge in [0, 0.05) is 51.2 Å². The van der Waals surface area contributed by atoms with Crippen molar-refractivity contribution < 1.29 is 4.79 Å².